The first kappa shape index (κ1) is 18.3. The molecule has 2 amide bonds. The van der Waals surface area contributed by atoms with E-state index in [4.69, 9.17) is 10.5 Å². The lowest BCUT2D eigenvalue weighted by Gasteiger charge is -2.33. The number of hydrogen-bond donors (Lipinski definition) is 2. The van der Waals surface area contributed by atoms with Crippen LogP contribution in [0.5, 0.6) is 0 Å². The van der Waals surface area contributed by atoms with Crippen LogP contribution in [-0.2, 0) is 16.1 Å². The lowest BCUT2D eigenvalue weighted by atomic mass is 10.0. The number of benzene rings is 1. The monoisotopic (exact) mass is 333 g/mol. The van der Waals surface area contributed by atoms with Crippen LogP contribution in [0.1, 0.15) is 32.3 Å². The molecular weight excluding hydrogens is 306 g/mol. The van der Waals surface area contributed by atoms with Crippen molar-refractivity contribution in [3.63, 3.8) is 0 Å². The molecule has 0 radical (unpaired) electrons. The standard InChI is InChI=1S/C18H27N3O3/c1-13(2)16(19)17(22)20-15-9-6-10-21(11-15)18(23)24-12-14-7-4-3-5-8-14/h3-5,7-8,13,15-16H,6,9-12,19H2,1-2H3,(H,20,22)/t15-,16-/m0/s1. The average Bonchev–Trinajstić information content (AvgIpc) is 2.60. The molecule has 1 aromatic carbocycles. The molecule has 6 heteroatoms. The molecule has 1 aromatic rings. The summed E-state index contributed by atoms with van der Waals surface area (Å²) in [6.45, 7) is 5.20. The lowest BCUT2D eigenvalue weighted by molar-refractivity contribution is -0.124. The van der Waals surface area contributed by atoms with Gasteiger partial charge in [0.25, 0.3) is 0 Å². The van der Waals surface area contributed by atoms with Crippen LogP contribution < -0.4 is 11.1 Å². The highest BCUT2D eigenvalue weighted by Gasteiger charge is 2.27. The van der Waals surface area contributed by atoms with E-state index in [1.54, 1.807) is 4.90 Å². The maximum Gasteiger partial charge on any atom is 0.410 e. The van der Waals surface area contributed by atoms with Crippen LogP contribution in [0.3, 0.4) is 0 Å². The molecule has 0 bridgehead atoms. The summed E-state index contributed by atoms with van der Waals surface area (Å²) in [4.78, 5) is 25.9. The molecule has 0 unspecified atom stereocenters. The Bertz CT molecular complexity index is 548. The van der Waals surface area contributed by atoms with E-state index in [2.05, 4.69) is 5.32 Å². The van der Waals surface area contributed by atoms with E-state index in [-0.39, 0.29) is 30.6 Å². The third kappa shape index (κ3) is 5.23. The van der Waals surface area contributed by atoms with E-state index < -0.39 is 6.04 Å². The van der Waals surface area contributed by atoms with Crippen molar-refractivity contribution in [3.05, 3.63) is 35.9 Å². The van der Waals surface area contributed by atoms with E-state index >= 15 is 0 Å². The summed E-state index contributed by atoms with van der Waals surface area (Å²) in [6, 6.07) is 8.98. The third-order valence-corrected chi connectivity index (χ3v) is 4.25. The summed E-state index contributed by atoms with van der Waals surface area (Å²) >= 11 is 0. The normalized spacial score (nSPS) is 19.0. The summed E-state index contributed by atoms with van der Waals surface area (Å²) < 4.78 is 5.36. The molecule has 0 spiro atoms. The van der Waals surface area contributed by atoms with Crippen LogP contribution in [-0.4, -0.2) is 42.1 Å². The summed E-state index contributed by atoms with van der Waals surface area (Å²) in [5.41, 5.74) is 6.82. The van der Waals surface area contributed by atoms with Gasteiger partial charge in [-0.2, -0.15) is 0 Å². The van der Waals surface area contributed by atoms with Gasteiger partial charge >= 0.3 is 6.09 Å². The highest BCUT2D eigenvalue weighted by molar-refractivity contribution is 5.82. The first-order valence-electron chi connectivity index (χ1n) is 8.49. The third-order valence-electron chi connectivity index (χ3n) is 4.25. The molecule has 1 heterocycles. The fraction of sp³-hybridized carbons (Fsp3) is 0.556. The van der Waals surface area contributed by atoms with Crippen molar-refractivity contribution in [1.82, 2.24) is 10.2 Å². The van der Waals surface area contributed by atoms with Gasteiger partial charge in [-0.3, -0.25) is 4.79 Å². The molecule has 2 rings (SSSR count). The van der Waals surface area contributed by atoms with Crippen LogP contribution in [0, 0.1) is 5.92 Å². The maximum atomic E-state index is 12.2. The molecule has 2 atom stereocenters. The van der Waals surface area contributed by atoms with Gasteiger partial charge in [-0.25, -0.2) is 4.79 Å². The van der Waals surface area contributed by atoms with Crippen LogP contribution in [0.2, 0.25) is 0 Å². The number of piperidine rings is 1. The number of nitrogens with two attached hydrogens (primary N) is 1. The predicted molar refractivity (Wildman–Crippen MR) is 92.2 cm³/mol. The van der Waals surface area contributed by atoms with Crippen LogP contribution in [0.15, 0.2) is 30.3 Å². The van der Waals surface area contributed by atoms with Gasteiger partial charge in [-0.15, -0.1) is 0 Å². The van der Waals surface area contributed by atoms with E-state index in [1.165, 1.54) is 0 Å². The van der Waals surface area contributed by atoms with Crippen LogP contribution >= 0.6 is 0 Å². The second-order valence-electron chi connectivity index (χ2n) is 6.60. The number of rotatable bonds is 5. The molecule has 132 valence electrons. The number of likely N-dealkylation sites (tertiary alicyclic amines) is 1. The maximum absolute atomic E-state index is 12.2. The Balaban J connectivity index is 1.81. The van der Waals surface area contributed by atoms with Crippen LogP contribution in [0.4, 0.5) is 4.79 Å². The number of amides is 2. The molecule has 24 heavy (non-hydrogen) atoms. The fourth-order valence-corrected chi connectivity index (χ4v) is 2.67. The van der Waals surface area contributed by atoms with Crippen LogP contribution in [0.25, 0.3) is 0 Å². The molecule has 1 saturated heterocycles. The van der Waals surface area contributed by atoms with Gasteiger partial charge in [0, 0.05) is 19.1 Å². The molecule has 1 aliphatic rings. The Labute approximate surface area is 143 Å². The van der Waals surface area contributed by atoms with Gasteiger partial charge < -0.3 is 20.7 Å². The highest BCUT2D eigenvalue weighted by Crippen LogP contribution is 2.13. The quantitative estimate of drug-likeness (QED) is 0.862. The minimum Gasteiger partial charge on any atom is -0.445 e. The number of ether oxygens (including phenoxy) is 1. The smallest absolute Gasteiger partial charge is 0.410 e. The molecule has 1 aliphatic heterocycles. The van der Waals surface area contributed by atoms with Crippen molar-refractivity contribution in [2.24, 2.45) is 11.7 Å². The Morgan fingerprint density at radius 2 is 2.04 bits per heavy atom. The zero-order valence-corrected chi connectivity index (χ0v) is 14.4. The van der Waals surface area contributed by atoms with Gasteiger partial charge in [0.1, 0.15) is 6.61 Å². The second kappa shape index (κ2) is 8.68. The highest BCUT2D eigenvalue weighted by atomic mass is 16.6. The molecule has 0 saturated carbocycles. The lowest BCUT2D eigenvalue weighted by Crippen LogP contribution is -2.54. The minimum atomic E-state index is -0.523. The molecule has 0 aromatic heterocycles. The largest absolute Gasteiger partial charge is 0.445 e. The zero-order valence-electron chi connectivity index (χ0n) is 14.4. The van der Waals surface area contributed by atoms with Crippen molar-refractivity contribution in [3.8, 4) is 0 Å². The second-order valence-corrected chi connectivity index (χ2v) is 6.60. The number of hydrogen-bond acceptors (Lipinski definition) is 4. The first-order chi connectivity index (χ1) is 11.5. The van der Waals surface area contributed by atoms with Gasteiger partial charge in [-0.1, -0.05) is 44.2 Å². The summed E-state index contributed by atoms with van der Waals surface area (Å²) in [5.74, 6) is -0.0740. The Morgan fingerprint density at radius 1 is 1.33 bits per heavy atom. The average molecular weight is 333 g/mol. The van der Waals surface area contributed by atoms with E-state index in [0.29, 0.717) is 13.1 Å². The Morgan fingerprint density at radius 3 is 2.71 bits per heavy atom. The minimum absolute atomic E-state index is 0.0691. The molecule has 0 aliphatic carbocycles. The van der Waals surface area contributed by atoms with Gasteiger partial charge in [0.2, 0.25) is 5.91 Å². The topological polar surface area (TPSA) is 84.7 Å². The van der Waals surface area contributed by atoms with Crippen molar-refractivity contribution in [2.75, 3.05) is 13.1 Å². The van der Waals surface area contributed by atoms with Gasteiger partial charge in [-0.05, 0) is 24.3 Å². The summed E-state index contributed by atoms with van der Waals surface area (Å²) in [6.07, 6.45) is 1.34. The Hall–Kier alpha value is -2.08. The van der Waals surface area contributed by atoms with Crippen molar-refractivity contribution < 1.29 is 14.3 Å². The summed E-state index contributed by atoms with van der Waals surface area (Å²) in [7, 11) is 0. The van der Waals surface area contributed by atoms with E-state index in [0.717, 1.165) is 18.4 Å². The molecule has 3 N–H and O–H groups in total. The number of carbonyl (C=O) groups excluding carboxylic acids is 2. The number of nitrogens with one attached hydrogen (secondary N) is 1. The Kier molecular flexibility index (Phi) is 6.61. The molecule has 6 nitrogen and oxygen atoms in total. The fourth-order valence-electron chi connectivity index (χ4n) is 2.67. The van der Waals surface area contributed by atoms with Gasteiger partial charge in [0.15, 0.2) is 0 Å². The molecular formula is C18H27N3O3. The van der Waals surface area contributed by atoms with Crippen molar-refractivity contribution >= 4 is 12.0 Å². The number of nitrogens with zero attached hydrogens (tertiary/aromatic N) is 1. The predicted octanol–water partition coefficient (Wildman–Crippen LogP) is 1.89. The van der Waals surface area contributed by atoms with Gasteiger partial charge in [0.05, 0.1) is 6.04 Å². The van der Waals surface area contributed by atoms with Crippen molar-refractivity contribution in [1.29, 1.82) is 0 Å². The number of carbonyl (C=O) groups is 2. The van der Waals surface area contributed by atoms with E-state index in [1.807, 2.05) is 44.2 Å². The SMILES string of the molecule is CC(C)[C@H](N)C(=O)N[C@H]1CCCN(C(=O)OCc2ccccc2)C1. The zero-order chi connectivity index (χ0) is 17.5. The first-order valence-corrected chi connectivity index (χ1v) is 8.49. The van der Waals surface area contributed by atoms with E-state index in [9.17, 15) is 9.59 Å². The molecule has 1 fully saturated rings. The van der Waals surface area contributed by atoms with Crippen molar-refractivity contribution in [2.45, 2.75) is 45.4 Å². The summed E-state index contributed by atoms with van der Waals surface area (Å²) in [5, 5.41) is 2.95.